The summed E-state index contributed by atoms with van der Waals surface area (Å²) < 4.78 is 1.89. The molecule has 0 unspecified atom stereocenters. The molecule has 1 aliphatic heterocycles. The lowest BCUT2D eigenvalue weighted by Crippen LogP contribution is -2.49. The summed E-state index contributed by atoms with van der Waals surface area (Å²) in [5.41, 5.74) is 0. The zero-order chi connectivity index (χ0) is 13.4. The monoisotopic (exact) mass is 254 g/mol. The first-order valence-corrected chi connectivity index (χ1v) is 6.20. The molecule has 0 bridgehead atoms. The number of hydrogen-bond acceptors (Lipinski definition) is 4. The molecule has 1 N–H and O–H groups in total. The van der Waals surface area contributed by atoms with Gasteiger partial charge in [0.15, 0.2) is 0 Å². The molecule has 1 fully saturated rings. The Kier molecular flexibility index (Phi) is 6.38. The third-order valence-electron chi connectivity index (χ3n) is 2.94. The van der Waals surface area contributed by atoms with Crippen LogP contribution in [0.1, 0.15) is 6.92 Å². The molecule has 1 amide bonds. The summed E-state index contributed by atoms with van der Waals surface area (Å²) in [6, 6.07) is 0. The average Bonchev–Trinajstić information content (AvgIpc) is 2.90. The Bertz CT molecular complexity index is 332. The normalized spacial score (nSPS) is 16.1. The molecule has 1 saturated heterocycles. The van der Waals surface area contributed by atoms with E-state index in [0.717, 1.165) is 32.7 Å². The molecule has 6 heteroatoms. The Morgan fingerprint density at radius 1 is 1.33 bits per heavy atom. The van der Waals surface area contributed by atoms with E-state index in [0.29, 0.717) is 0 Å². The van der Waals surface area contributed by atoms with Gasteiger partial charge in [0.25, 0.3) is 0 Å². The molecule has 0 aromatic carbocycles. The Morgan fingerprint density at radius 3 is 2.33 bits per heavy atom. The highest BCUT2D eigenvalue weighted by molar-refractivity contribution is 5.77. The summed E-state index contributed by atoms with van der Waals surface area (Å²) in [7, 11) is 1.94. The van der Waals surface area contributed by atoms with Crippen molar-refractivity contribution >= 4 is 5.91 Å². The fourth-order valence-corrected chi connectivity index (χ4v) is 1.74. The van der Waals surface area contributed by atoms with Gasteiger partial charge in [0.1, 0.15) is 6.61 Å². The lowest BCUT2D eigenvalue weighted by molar-refractivity contribution is -0.135. The Balaban J connectivity index is 0.000000225. The first kappa shape index (κ1) is 14.7. The van der Waals surface area contributed by atoms with E-state index in [1.807, 2.05) is 17.8 Å². The maximum absolute atomic E-state index is 11.0. The number of aryl methyl sites for hydroxylation is 1. The van der Waals surface area contributed by atoms with Gasteiger partial charge in [-0.2, -0.15) is 0 Å². The molecule has 2 rings (SSSR count). The van der Waals surface area contributed by atoms with Crippen LogP contribution in [0.2, 0.25) is 0 Å². The van der Waals surface area contributed by atoms with Crippen molar-refractivity contribution < 1.29 is 9.90 Å². The number of imidazole rings is 1. The predicted octanol–water partition coefficient (Wildman–Crippen LogP) is -0.437. The minimum absolute atomic E-state index is 0.147. The summed E-state index contributed by atoms with van der Waals surface area (Å²) in [5.74, 6) is -0.147. The summed E-state index contributed by atoms with van der Waals surface area (Å²) in [6.45, 7) is 6.18. The van der Waals surface area contributed by atoms with Gasteiger partial charge >= 0.3 is 0 Å². The van der Waals surface area contributed by atoms with Crippen molar-refractivity contribution in [3.8, 4) is 0 Å². The number of carbonyl (C=O) groups is 1. The highest BCUT2D eigenvalue weighted by atomic mass is 16.3. The second-order valence-corrected chi connectivity index (χ2v) is 4.20. The van der Waals surface area contributed by atoms with Gasteiger partial charge < -0.3 is 19.5 Å². The van der Waals surface area contributed by atoms with E-state index in [1.165, 1.54) is 0 Å². The van der Waals surface area contributed by atoms with Crippen LogP contribution in [0.25, 0.3) is 0 Å². The summed E-state index contributed by atoms with van der Waals surface area (Å²) in [6.07, 6.45) is 5.39. The van der Waals surface area contributed by atoms with Crippen LogP contribution in [0.4, 0.5) is 0 Å². The minimum atomic E-state index is -0.355. The average molecular weight is 254 g/mol. The number of amides is 1. The third kappa shape index (κ3) is 4.85. The second-order valence-electron chi connectivity index (χ2n) is 4.20. The lowest BCUT2D eigenvalue weighted by Gasteiger charge is -2.33. The Morgan fingerprint density at radius 2 is 2.00 bits per heavy atom. The van der Waals surface area contributed by atoms with Crippen LogP contribution in [0.3, 0.4) is 0 Å². The minimum Gasteiger partial charge on any atom is -0.387 e. The van der Waals surface area contributed by atoms with Gasteiger partial charge in [-0.1, -0.05) is 6.92 Å². The molecule has 102 valence electrons. The zero-order valence-corrected chi connectivity index (χ0v) is 11.1. The molecule has 1 aliphatic rings. The molecule has 0 atom stereocenters. The molecule has 0 radical (unpaired) electrons. The standard InChI is InChI=1S/C8H16N2O2.C4H6N2/c1-2-9-3-5-10(6-4-9)8(12)7-11;1-6-3-2-5-4-6/h11H,2-7H2,1H3;2-4H,1H3. The number of likely N-dealkylation sites (N-methyl/N-ethyl adjacent to an activating group) is 1. The predicted molar refractivity (Wildman–Crippen MR) is 69.0 cm³/mol. The summed E-state index contributed by atoms with van der Waals surface area (Å²) in [5, 5.41) is 8.61. The smallest absolute Gasteiger partial charge is 0.248 e. The van der Waals surface area contributed by atoms with E-state index < -0.39 is 0 Å². The largest absolute Gasteiger partial charge is 0.387 e. The van der Waals surface area contributed by atoms with Gasteiger partial charge in [-0.15, -0.1) is 0 Å². The number of carbonyl (C=O) groups excluding carboxylic acids is 1. The molecule has 1 aromatic rings. The van der Waals surface area contributed by atoms with Crippen LogP contribution in [0.15, 0.2) is 18.7 Å². The Labute approximate surface area is 108 Å². The van der Waals surface area contributed by atoms with E-state index in [9.17, 15) is 4.79 Å². The van der Waals surface area contributed by atoms with Crippen molar-refractivity contribution in [1.29, 1.82) is 0 Å². The number of nitrogens with zero attached hydrogens (tertiary/aromatic N) is 4. The van der Waals surface area contributed by atoms with E-state index in [-0.39, 0.29) is 12.5 Å². The number of piperazine rings is 1. The lowest BCUT2D eigenvalue weighted by atomic mass is 10.3. The maximum atomic E-state index is 11.0. The van der Waals surface area contributed by atoms with E-state index in [4.69, 9.17) is 5.11 Å². The molecule has 0 aliphatic carbocycles. The number of aliphatic hydroxyl groups excluding tert-OH is 1. The molecule has 0 spiro atoms. The van der Waals surface area contributed by atoms with Crippen molar-refractivity contribution in [1.82, 2.24) is 19.4 Å². The van der Waals surface area contributed by atoms with Crippen LogP contribution in [-0.2, 0) is 11.8 Å². The number of aromatic nitrogens is 2. The molecular formula is C12H22N4O2. The van der Waals surface area contributed by atoms with Crippen molar-refractivity contribution in [3.05, 3.63) is 18.7 Å². The SMILES string of the molecule is CCN1CCN(C(=O)CO)CC1.Cn1ccnc1. The molecule has 1 aromatic heterocycles. The molecule has 0 saturated carbocycles. The van der Waals surface area contributed by atoms with Crippen molar-refractivity contribution in [2.24, 2.45) is 7.05 Å². The van der Waals surface area contributed by atoms with Gasteiger partial charge in [-0.05, 0) is 6.54 Å². The van der Waals surface area contributed by atoms with Gasteiger partial charge in [-0.25, -0.2) is 4.98 Å². The van der Waals surface area contributed by atoms with Crippen molar-refractivity contribution in [3.63, 3.8) is 0 Å². The van der Waals surface area contributed by atoms with Gasteiger partial charge in [0, 0.05) is 45.6 Å². The third-order valence-corrected chi connectivity index (χ3v) is 2.94. The first-order chi connectivity index (χ1) is 8.67. The van der Waals surface area contributed by atoms with E-state index in [1.54, 1.807) is 17.4 Å². The van der Waals surface area contributed by atoms with Crippen molar-refractivity contribution in [2.75, 3.05) is 39.3 Å². The van der Waals surface area contributed by atoms with Gasteiger partial charge in [0.05, 0.1) is 6.33 Å². The van der Waals surface area contributed by atoms with E-state index >= 15 is 0 Å². The highest BCUT2D eigenvalue weighted by Gasteiger charge is 2.18. The first-order valence-electron chi connectivity index (χ1n) is 6.20. The number of aliphatic hydroxyl groups is 1. The van der Waals surface area contributed by atoms with Gasteiger partial charge in [-0.3, -0.25) is 4.79 Å². The van der Waals surface area contributed by atoms with Crippen LogP contribution < -0.4 is 0 Å². The van der Waals surface area contributed by atoms with Crippen LogP contribution >= 0.6 is 0 Å². The highest BCUT2D eigenvalue weighted by Crippen LogP contribution is 2.00. The quantitative estimate of drug-likeness (QED) is 0.777. The molecule has 2 heterocycles. The van der Waals surface area contributed by atoms with Crippen LogP contribution in [-0.4, -0.2) is 69.7 Å². The molecule has 18 heavy (non-hydrogen) atoms. The van der Waals surface area contributed by atoms with Crippen LogP contribution in [0, 0.1) is 0 Å². The molecular weight excluding hydrogens is 232 g/mol. The number of hydrogen-bond donors (Lipinski definition) is 1. The Hall–Kier alpha value is -1.40. The summed E-state index contributed by atoms with van der Waals surface area (Å²) >= 11 is 0. The van der Waals surface area contributed by atoms with Crippen LogP contribution in [0.5, 0.6) is 0 Å². The topological polar surface area (TPSA) is 61.6 Å². The fraction of sp³-hybridized carbons (Fsp3) is 0.667. The summed E-state index contributed by atoms with van der Waals surface area (Å²) in [4.78, 5) is 18.8. The zero-order valence-electron chi connectivity index (χ0n) is 11.1. The molecule has 6 nitrogen and oxygen atoms in total. The fourth-order valence-electron chi connectivity index (χ4n) is 1.74. The van der Waals surface area contributed by atoms with Crippen molar-refractivity contribution in [2.45, 2.75) is 6.92 Å². The second kappa shape index (κ2) is 7.84. The van der Waals surface area contributed by atoms with E-state index in [2.05, 4.69) is 16.8 Å². The van der Waals surface area contributed by atoms with Gasteiger partial charge in [0.2, 0.25) is 5.91 Å². The maximum Gasteiger partial charge on any atom is 0.248 e. The number of rotatable bonds is 2.